The van der Waals surface area contributed by atoms with Gasteiger partial charge in [-0.05, 0) is 43.7 Å². The van der Waals surface area contributed by atoms with Gasteiger partial charge in [0.1, 0.15) is 0 Å². The maximum absolute atomic E-state index is 12.3. The zero-order valence-electron chi connectivity index (χ0n) is 12.1. The van der Waals surface area contributed by atoms with E-state index in [2.05, 4.69) is 10.3 Å². The van der Waals surface area contributed by atoms with Crippen LogP contribution in [0.5, 0.6) is 0 Å². The van der Waals surface area contributed by atoms with Gasteiger partial charge >= 0.3 is 0 Å². The Morgan fingerprint density at radius 2 is 2.15 bits per heavy atom. The van der Waals surface area contributed by atoms with Crippen molar-refractivity contribution >= 4 is 5.91 Å². The first-order valence-electron chi connectivity index (χ1n) is 7.54. The van der Waals surface area contributed by atoms with Gasteiger partial charge < -0.3 is 10.4 Å². The lowest BCUT2D eigenvalue weighted by atomic mass is 9.82. The third kappa shape index (κ3) is 4.04. The van der Waals surface area contributed by atoms with Crippen LogP contribution in [0.15, 0.2) is 18.5 Å². The second-order valence-corrected chi connectivity index (χ2v) is 5.74. The summed E-state index contributed by atoms with van der Waals surface area (Å²) in [6, 6.07) is 1.92. The van der Waals surface area contributed by atoms with E-state index in [1.54, 1.807) is 12.4 Å². The summed E-state index contributed by atoms with van der Waals surface area (Å²) in [7, 11) is 0. The fraction of sp³-hybridized carbons (Fsp3) is 0.625. The highest BCUT2D eigenvalue weighted by Crippen LogP contribution is 2.27. The van der Waals surface area contributed by atoms with Crippen LogP contribution < -0.4 is 5.32 Å². The Morgan fingerprint density at radius 3 is 2.80 bits per heavy atom. The van der Waals surface area contributed by atoms with Gasteiger partial charge in [-0.3, -0.25) is 9.78 Å². The number of carbonyl (C=O) groups is 1. The lowest BCUT2D eigenvalue weighted by molar-refractivity contribution is 0.0899. The highest BCUT2D eigenvalue weighted by Gasteiger charge is 2.25. The molecule has 110 valence electrons. The molecular weight excluding hydrogens is 252 g/mol. The molecule has 1 fully saturated rings. The van der Waals surface area contributed by atoms with E-state index in [9.17, 15) is 9.90 Å². The highest BCUT2D eigenvalue weighted by atomic mass is 16.3. The highest BCUT2D eigenvalue weighted by molar-refractivity contribution is 5.94. The minimum Gasteiger partial charge on any atom is -0.396 e. The number of aryl methyl sites for hydroxylation is 1. The molecule has 1 unspecified atom stereocenters. The van der Waals surface area contributed by atoms with Crippen LogP contribution >= 0.6 is 0 Å². The van der Waals surface area contributed by atoms with Crippen LogP contribution in [0, 0.1) is 12.8 Å². The van der Waals surface area contributed by atoms with E-state index in [0.717, 1.165) is 18.4 Å². The van der Waals surface area contributed by atoms with Crippen molar-refractivity contribution in [2.24, 2.45) is 5.92 Å². The van der Waals surface area contributed by atoms with Crippen LogP contribution in [0.3, 0.4) is 0 Å². The molecule has 1 saturated carbocycles. The summed E-state index contributed by atoms with van der Waals surface area (Å²) in [6.07, 6.45) is 10.0. The molecule has 1 heterocycles. The van der Waals surface area contributed by atoms with E-state index in [-0.39, 0.29) is 18.6 Å². The van der Waals surface area contributed by atoms with Crippen molar-refractivity contribution in [1.82, 2.24) is 10.3 Å². The number of nitrogens with one attached hydrogen (secondary N) is 1. The maximum Gasteiger partial charge on any atom is 0.253 e. The van der Waals surface area contributed by atoms with E-state index in [4.69, 9.17) is 0 Å². The number of hydrogen-bond donors (Lipinski definition) is 2. The summed E-state index contributed by atoms with van der Waals surface area (Å²) in [5.41, 5.74) is 1.58. The predicted octanol–water partition coefficient (Wildman–Crippen LogP) is 2.45. The van der Waals surface area contributed by atoms with Crippen molar-refractivity contribution in [3.63, 3.8) is 0 Å². The van der Waals surface area contributed by atoms with E-state index in [1.165, 1.54) is 19.3 Å². The average Bonchev–Trinajstić information content (AvgIpc) is 2.47. The minimum absolute atomic E-state index is 0.0771. The molecule has 20 heavy (non-hydrogen) atoms. The first-order chi connectivity index (χ1) is 9.70. The molecule has 4 heteroatoms. The Bertz CT molecular complexity index is 442. The van der Waals surface area contributed by atoms with E-state index < -0.39 is 0 Å². The number of rotatable bonds is 5. The number of aromatic nitrogens is 1. The zero-order chi connectivity index (χ0) is 14.4. The summed E-state index contributed by atoms with van der Waals surface area (Å²) in [4.78, 5) is 16.4. The minimum atomic E-state index is -0.0785. The van der Waals surface area contributed by atoms with Gasteiger partial charge in [0, 0.05) is 25.0 Å². The normalized spacial score (nSPS) is 17.7. The monoisotopic (exact) mass is 276 g/mol. The molecule has 1 aliphatic carbocycles. The molecule has 1 atom stereocenters. The van der Waals surface area contributed by atoms with Gasteiger partial charge in [-0.1, -0.05) is 19.3 Å². The SMILES string of the molecule is Cc1cncc(C(=O)NC(CCO)C2CCCCC2)c1. The van der Waals surface area contributed by atoms with E-state index >= 15 is 0 Å². The molecule has 4 nitrogen and oxygen atoms in total. The van der Waals surface area contributed by atoms with Gasteiger partial charge in [-0.15, -0.1) is 0 Å². The van der Waals surface area contributed by atoms with Crippen molar-refractivity contribution in [2.45, 2.75) is 51.5 Å². The first kappa shape index (κ1) is 15.0. The van der Waals surface area contributed by atoms with Gasteiger partial charge in [0.25, 0.3) is 5.91 Å². The Morgan fingerprint density at radius 1 is 1.40 bits per heavy atom. The van der Waals surface area contributed by atoms with E-state index in [0.29, 0.717) is 17.9 Å². The Hall–Kier alpha value is -1.42. The molecule has 1 amide bonds. The largest absolute Gasteiger partial charge is 0.396 e. The van der Waals surface area contributed by atoms with Gasteiger partial charge in [-0.25, -0.2) is 0 Å². The van der Waals surface area contributed by atoms with Crippen molar-refractivity contribution in [3.8, 4) is 0 Å². The maximum atomic E-state index is 12.3. The fourth-order valence-electron chi connectivity index (χ4n) is 3.03. The van der Waals surface area contributed by atoms with Crippen LogP contribution in [0.4, 0.5) is 0 Å². The topological polar surface area (TPSA) is 62.2 Å². The molecule has 0 bridgehead atoms. The van der Waals surface area contributed by atoms with Crippen molar-refractivity contribution in [3.05, 3.63) is 29.6 Å². The van der Waals surface area contributed by atoms with Crippen LogP contribution in [0.2, 0.25) is 0 Å². The number of hydrogen-bond acceptors (Lipinski definition) is 3. The van der Waals surface area contributed by atoms with Gasteiger partial charge in [0.2, 0.25) is 0 Å². The van der Waals surface area contributed by atoms with Crippen LogP contribution in [-0.4, -0.2) is 28.6 Å². The van der Waals surface area contributed by atoms with Crippen molar-refractivity contribution < 1.29 is 9.90 Å². The second kappa shape index (κ2) is 7.39. The van der Waals surface area contributed by atoms with Crippen molar-refractivity contribution in [1.29, 1.82) is 0 Å². The summed E-state index contributed by atoms with van der Waals surface area (Å²) < 4.78 is 0. The van der Waals surface area contributed by atoms with Crippen LogP contribution in [0.1, 0.15) is 54.4 Å². The average molecular weight is 276 g/mol. The number of nitrogens with zero attached hydrogens (tertiary/aromatic N) is 1. The van der Waals surface area contributed by atoms with Gasteiger partial charge in [0.15, 0.2) is 0 Å². The van der Waals surface area contributed by atoms with E-state index in [1.807, 2.05) is 13.0 Å². The second-order valence-electron chi connectivity index (χ2n) is 5.74. The molecule has 1 aliphatic rings. The molecule has 0 aromatic carbocycles. The molecule has 0 radical (unpaired) electrons. The smallest absolute Gasteiger partial charge is 0.253 e. The predicted molar refractivity (Wildman–Crippen MR) is 78.5 cm³/mol. The number of pyridine rings is 1. The number of aliphatic hydroxyl groups excluding tert-OH is 1. The van der Waals surface area contributed by atoms with Gasteiger partial charge in [0.05, 0.1) is 5.56 Å². The Balaban J connectivity index is 2.01. The third-order valence-electron chi connectivity index (χ3n) is 4.11. The molecular formula is C16H24N2O2. The lowest BCUT2D eigenvalue weighted by Gasteiger charge is -2.30. The summed E-state index contributed by atoms with van der Waals surface area (Å²) in [5, 5.41) is 12.3. The molecule has 0 aliphatic heterocycles. The molecule has 1 aromatic rings. The first-order valence-corrected chi connectivity index (χ1v) is 7.54. The molecule has 2 N–H and O–H groups in total. The Labute approximate surface area is 120 Å². The van der Waals surface area contributed by atoms with Gasteiger partial charge in [-0.2, -0.15) is 0 Å². The molecule has 0 spiro atoms. The summed E-state index contributed by atoms with van der Waals surface area (Å²) in [5.74, 6) is 0.419. The standard InChI is InChI=1S/C16H24N2O2/c1-12-9-14(11-17-10-12)16(20)18-15(7-8-19)13-5-3-2-4-6-13/h9-11,13,15,19H,2-8H2,1H3,(H,18,20). The van der Waals surface area contributed by atoms with Crippen LogP contribution in [0.25, 0.3) is 0 Å². The quantitative estimate of drug-likeness (QED) is 0.868. The van der Waals surface area contributed by atoms with Crippen LogP contribution in [-0.2, 0) is 0 Å². The number of aliphatic hydroxyl groups is 1. The Kier molecular flexibility index (Phi) is 5.53. The van der Waals surface area contributed by atoms with Crippen molar-refractivity contribution in [2.75, 3.05) is 6.61 Å². The molecule has 0 saturated heterocycles. The lowest BCUT2D eigenvalue weighted by Crippen LogP contribution is -2.41. The molecule has 1 aromatic heterocycles. The summed E-state index contributed by atoms with van der Waals surface area (Å²) >= 11 is 0. The molecule has 2 rings (SSSR count). The number of amides is 1. The third-order valence-corrected chi connectivity index (χ3v) is 4.11. The number of carbonyl (C=O) groups excluding carboxylic acids is 1. The summed E-state index contributed by atoms with van der Waals surface area (Å²) in [6.45, 7) is 2.05. The fourth-order valence-corrected chi connectivity index (χ4v) is 3.03. The zero-order valence-corrected chi connectivity index (χ0v) is 12.1.